The van der Waals surface area contributed by atoms with Crippen LogP contribution in [0.1, 0.15) is 6.42 Å². The zero-order valence-electron chi connectivity index (χ0n) is 7.66. The lowest BCUT2D eigenvalue weighted by molar-refractivity contribution is 1.21. The molecule has 0 saturated carbocycles. The van der Waals surface area contributed by atoms with Crippen molar-refractivity contribution < 1.29 is 0 Å². The van der Waals surface area contributed by atoms with Crippen LogP contribution in [0.25, 0.3) is 0 Å². The Morgan fingerprint density at radius 3 is 1.64 bits per heavy atom. The summed E-state index contributed by atoms with van der Waals surface area (Å²) in [6, 6.07) is -0.868. The molecule has 84 valence electrons. The van der Waals surface area contributed by atoms with Gasteiger partial charge >= 0.3 is 6.00 Å². The summed E-state index contributed by atoms with van der Waals surface area (Å²) in [6.07, 6.45) is 4.42. The van der Waals surface area contributed by atoms with Crippen LogP contribution < -0.4 is 0 Å². The summed E-state index contributed by atoms with van der Waals surface area (Å²) in [6.45, 7) is 6.97. The molecule has 14 heavy (non-hydrogen) atoms. The fourth-order valence-corrected chi connectivity index (χ4v) is 2.96. The van der Waals surface area contributed by atoms with E-state index in [-0.39, 0.29) is 0 Å². The van der Waals surface area contributed by atoms with E-state index >= 15 is 0 Å². The minimum atomic E-state index is -2.36. The fourth-order valence-electron chi connectivity index (χ4n) is 0.408. The molecule has 0 unspecified atom stereocenters. The zero-order valence-corrected chi connectivity index (χ0v) is 13.6. The first-order valence-corrected chi connectivity index (χ1v) is 13.4. The van der Waals surface area contributed by atoms with Crippen LogP contribution in [0.15, 0.2) is 25.3 Å². The molecule has 0 radical (unpaired) electrons. The van der Waals surface area contributed by atoms with Crippen molar-refractivity contribution in [1.82, 2.24) is 0 Å². The summed E-state index contributed by atoms with van der Waals surface area (Å²) in [7, 11) is -1.31. The topological polar surface area (TPSA) is 0 Å². The lowest BCUT2D eigenvalue weighted by atomic mass is 10.5. The van der Waals surface area contributed by atoms with Crippen LogP contribution in [0.5, 0.6) is 0 Å². The normalized spacial score (nSPS) is 10.4. The van der Waals surface area contributed by atoms with Gasteiger partial charge in [-0.15, -0.1) is 46.4 Å². The molecule has 0 aliphatic rings. The van der Waals surface area contributed by atoms with Crippen molar-refractivity contribution in [2.75, 3.05) is 0 Å². The van der Waals surface area contributed by atoms with Crippen molar-refractivity contribution in [2.45, 2.75) is 18.5 Å². The predicted octanol–water partition coefficient (Wildman–Crippen LogP) is 5.09. The summed E-state index contributed by atoms with van der Waals surface area (Å²) in [5.74, 6) is 0. The SMILES string of the molecule is C=CCC[SiH](Cl)Cl.C=CC[Si](Cl)(Cl)Cl. The number of hydrogen-bond donors (Lipinski definition) is 0. The molecule has 0 aromatic rings. The van der Waals surface area contributed by atoms with Gasteiger partial charge in [-0.05, 0) is 12.5 Å². The van der Waals surface area contributed by atoms with Crippen molar-refractivity contribution in [3.8, 4) is 0 Å². The Bertz CT molecular complexity index is 155. The first-order chi connectivity index (χ1) is 6.33. The highest BCUT2D eigenvalue weighted by Crippen LogP contribution is 2.24. The third-order valence-corrected chi connectivity index (χ3v) is 5.18. The molecule has 0 heterocycles. The Hall–Kier alpha value is 1.36. The smallest absolute Gasteiger partial charge is 0.150 e. The maximum atomic E-state index is 5.51. The van der Waals surface area contributed by atoms with Gasteiger partial charge in [0.1, 0.15) is 0 Å². The van der Waals surface area contributed by atoms with Gasteiger partial charge in [0.15, 0.2) is 0 Å². The van der Waals surface area contributed by atoms with Gasteiger partial charge in [-0.25, -0.2) is 0 Å². The van der Waals surface area contributed by atoms with Gasteiger partial charge in [0, 0.05) is 6.04 Å². The Morgan fingerprint density at radius 1 is 1.07 bits per heavy atom. The van der Waals surface area contributed by atoms with Crippen LogP contribution >= 0.6 is 55.4 Å². The Kier molecular flexibility index (Phi) is 13.8. The molecular formula is C7H13Cl5Si2. The second kappa shape index (κ2) is 10.9. The highest BCUT2D eigenvalue weighted by Gasteiger charge is 2.21. The van der Waals surface area contributed by atoms with Gasteiger partial charge in [0.2, 0.25) is 7.42 Å². The molecule has 0 amide bonds. The third-order valence-electron chi connectivity index (χ3n) is 0.965. The van der Waals surface area contributed by atoms with Gasteiger partial charge < -0.3 is 0 Å². The third kappa shape index (κ3) is 23.3. The lowest BCUT2D eigenvalue weighted by Gasteiger charge is -1.99. The molecule has 0 aromatic heterocycles. The van der Waals surface area contributed by atoms with Crippen molar-refractivity contribution in [2.24, 2.45) is 0 Å². The number of allylic oxidation sites excluding steroid dienone is 2. The van der Waals surface area contributed by atoms with Gasteiger partial charge in [-0.3, -0.25) is 0 Å². The number of hydrogen-bond acceptors (Lipinski definition) is 0. The van der Waals surface area contributed by atoms with Crippen molar-refractivity contribution >= 4 is 68.8 Å². The Labute approximate surface area is 112 Å². The zero-order chi connectivity index (χ0) is 11.6. The van der Waals surface area contributed by atoms with E-state index in [2.05, 4.69) is 13.2 Å². The molecule has 0 aliphatic carbocycles. The van der Waals surface area contributed by atoms with Crippen molar-refractivity contribution in [3.05, 3.63) is 25.3 Å². The second-order valence-corrected chi connectivity index (χ2v) is 16.7. The highest BCUT2D eigenvalue weighted by molar-refractivity contribution is 7.64. The average molecular weight is 331 g/mol. The Morgan fingerprint density at radius 2 is 1.57 bits per heavy atom. The molecule has 0 aromatic carbocycles. The molecule has 0 bridgehead atoms. The number of rotatable bonds is 5. The maximum Gasteiger partial charge on any atom is 0.344 e. The van der Waals surface area contributed by atoms with Crippen LogP contribution in [-0.4, -0.2) is 13.4 Å². The molecular weight excluding hydrogens is 318 g/mol. The van der Waals surface area contributed by atoms with Crippen LogP contribution in [0, 0.1) is 0 Å². The summed E-state index contributed by atoms with van der Waals surface area (Å²) in [5, 5.41) is 0. The summed E-state index contributed by atoms with van der Waals surface area (Å²) < 4.78 is 0. The molecule has 0 spiro atoms. The van der Waals surface area contributed by atoms with E-state index in [1.54, 1.807) is 6.08 Å². The van der Waals surface area contributed by atoms with E-state index in [0.717, 1.165) is 12.5 Å². The lowest BCUT2D eigenvalue weighted by Crippen LogP contribution is -2.05. The van der Waals surface area contributed by atoms with Gasteiger partial charge in [0.05, 0.1) is 0 Å². The van der Waals surface area contributed by atoms with Crippen molar-refractivity contribution in [3.63, 3.8) is 0 Å². The van der Waals surface area contributed by atoms with E-state index in [1.807, 2.05) is 6.08 Å². The molecule has 0 N–H and O–H groups in total. The van der Waals surface area contributed by atoms with E-state index in [0.29, 0.717) is 6.04 Å². The molecule has 0 saturated heterocycles. The van der Waals surface area contributed by atoms with Gasteiger partial charge in [-0.1, -0.05) is 12.2 Å². The van der Waals surface area contributed by atoms with E-state index in [9.17, 15) is 0 Å². The molecule has 0 atom stereocenters. The van der Waals surface area contributed by atoms with Gasteiger partial charge in [-0.2, -0.15) is 22.2 Å². The predicted molar refractivity (Wildman–Crippen MR) is 76.8 cm³/mol. The van der Waals surface area contributed by atoms with Crippen molar-refractivity contribution in [1.29, 1.82) is 0 Å². The summed E-state index contributed by atoms with van der Waals surface area (Å²) in [4.78, 5) is 0. The first-order valence-electron chi connectivity index (χ1n) is 3.90. The molecule has 0 nitrogen and oxygen atoms in total. The van der Waals surface area contributed by atoms with E-state index in [1.165, 1.54) is 0 Å². The van der Waals surface area contributed by atoms with Crippen LogP contribution in [0.2, 0.25) is 12.1 Å². The fraction of sp³-hybridized carbons (Fsp3) is 0.429. The minimum absolute atomic E-state index is 0.539. The quantitative estimate of drug-likeness (QED) is 0.374. The van der Waals surface area contributed by atoms with Gasteiger partial charge in [0.25, 0.3) is 0 Å². The monoisotopic (exact) mass is 328 g/mol. The molecule has 0 fully saturated rings. The molecule has 7 heteroatoms. The first kappa shape index (κ1) is 17.7. The minimum Gasteiger partial charge on any atom is -0.150 e. The Balaban J connectivity index is 0. The molecule has 0 aliphatic heterocycles. The standard InChI is InChI=1S/C4H8Cl2Si.C3H5Cl3Si/c1-2-3-4-7(5)6;1-2-3-7(4,5)6/h2,7H,1,3-4H2;2H,1,3H2. The highest BCUT2D eigenvalue weighted by atomic mass is 35.8. The number of halogens is 5. The van der Waals surface area contributed by atoms with Crippen LogP contribution in [0.4, 0.5) is 0 Å². The van der Waals surface area contributed by atoms with E-state index in [4.69, 9.17) is 55.4 Å². The second-order valence-electron chi connectivity index (χ2n) is 2.37. The maximum absolute atomic E-state index is 5.51. The summed E-state index contributed by atoms with van der Waals surface area (Å²) >= 11 is 27.3. The average Bonchev–Trinajstić information content (AvgIpc) is 1.99. The molecule has 0 rings (SSSR count). The van der Waals surface area contributed by atoms with Crippen LogP contribution in [0.3, 0.4) is 0 Å². The summed E-state index contributed by atoms with van der Waals surface area (Å²) in [5.41, 5.74) is 0. The van der Waals surface area contributed by atoms with E-state index < -0.39 is 13.4 Å². The largest absolute Gasteiger partial charge is 0.344 e. The van der Waals surface area contributed by atoms with Crippen LogP contribution in [-0.2, 0) is 0 Å².